The zero-order valence-corrected chi connectivity index (χ0v) is 9.58. The Hall–Kier alpha value is -0.0471. The summed E-state index contributed by atoms with van der Waals surface area (Å²) in [6.45, 7) is 3.82. The van der Waals surface area contributed by atoms with Crippen molar-refractivity contribution < 1.29 is 4.79 Å². The first-order valence-corrected chi connectivity index (χ1v) is 10.9. The Bertz CT molecular complexity index is 163. The van der Waals surface area contributed by atoms with Crippen LogP contribution in [0.2, 0.25) is 17.3 Å². The number of allylic oxidation sites excluding steroid dienone is 2. The van der Waals surface area contributed by atoms with Crippen molar-refractivity contribution in [2.45, 2.75) is 31.1 Å². The second-order valence-corrected chi connectivity index (χ2v) is 13.9. The first kappa shape index (κ1) is 9.95. The van der Waals surface area contributed by atoms with Gasteiger partial charge in [-0.15, -0.1) is 0 Å². The van der Waals surface area contributed by atoms with Crippen LogP contribution in [0.5, 0.6) is 0 Å². The van der Waals surface area contributed by atoms with E-state index in [-0.39, 0.29) is 0 Å². The minimum atomic E-state index is -2.02. The topological polar surface area (TPSA) is 17.1 Å². The number of hydrogen-bond donors (Lipinski definition) is 0. The van der Waals surface area contributed by atoms with Crippen LogP contribution in [0.3, 0.4) is 0 Å². The molecule has 0 N–H and O–H groups in total. The van der Waals surface area contributed by atoms with E-state index in [0.717, 1.165) is 5.57 Å². The van der Waals surface area contributed by atoms with Crippen LogP contribution >= 0.6 is 0 Å². The van der Waals surface area contributed by atoms with Crippen molar-refractivity contribution in [3.05, 3.63) is 11.6 Å². The fourth-order valence-electron chi connectivity index (χ4n) is 0.723. The Balaban J connectivity index is 4.39. The van der Waals surface area contributed by atoms with Gasteiger partial charge >= 0.3 is 65.4 Å². The van der Waals surface area contributed by atoms with E-state index in [1.165, 1.54) is 0 Å². The Kier molecular flexibility index (Phi) is 3.36. The molecular weight excluding hydrogens is 185 g/mol. The molecule has 0 heterocycles. The van der Waals surface area contributed by atoms with E-state index in [1.807, 2.05) is 19.9 Å². The van der Waals surface area contributed by atoms with Gasteiger partial charge in [0, 0.05) is 0 Å². The van der Waals surface area contributed by atoms with Gasteiger partial charge in [0.2, 0.25) is 0 Å². The molecule has 0 amide bonds. The van der Waals surface area contributed by atoms with Crippen LogP contribution in [0.15, 0.2) is 11.6 Å². The van der Waals surface area contributed by atoms with E-state index >= 15 is 0 Å². The molecule has 1 nitrogen and oxygen atoms in total. The van der Waals surface area contributed by atoms with E-state index < -0.39 is 13.3 Å². The number of hydrogen-bond acceptors (Lipinski definition) is 1. The maximum atomic E-state index is 11.4. The first-order valence-electron chi connectivity index (χ1n) is 3.57. The predicted molar refractivity (Wildman–Crippen MR) is 47.8 cm³/mol. The minimum absolute atomic E-state index is 0.419. The normalized spacial score (nSPS) is 13.5. The summed E-state index contributed by atoms with van der Waals surface area (Å²) in [6.07, 6.45) is 1.90. The summed E-state index contributed by atoms with van der Waals surface area (Å²) in [5.74, 6) is 6.36. The van der Waals surface area contributed by atoms with Crippen molar-refractivity contribution in [1.29, 1.82) is 0 Å². The summed E-state index contributed by atoms with van der Waals surface area (Å²) in [5, 5.41) is 0. The number of carbonyl (C=O) groups excluding carboxylic acids is 1. The second-order valence-electron chi connectivity index (χ2n) is 3.55. The van der Waals surface area contributed by atoms with Crippen molar-refractivity contribution >= 4 is 17.9 Å². The van der Waals surface area contributed by atoms with E-state index in [4.69, 9.17) is 0 Å². The molecule has 0 aliphatic rings. The number of carbonyl (C=O) groups is 1. The summed E-state index contributed by atoms with van der Waals surface area (Å²) in [6, 6.07) is 0. The van der Waals surface area contributed by atoms with Gasteiger partial charge in [0.05, 0.1) is 0 Å². The van der Waals surface area contributed by atoms with Crippen molar-refractivity contribution in [2.24, 2.45) is 0 Å². The molecule has 0 rings (SSSR count). The van der Waals surface area contributed by atoms with Crippen LogP contribution in [-0.4, -0.2) is 17.9 Å². The molecule has 0 unspecified atom stereocenters. The Morgan fingerprint density at radius 3 is 1.80 bits per heavy atom. The third-order valence-electron chi connectivity index (χ3n) is 1.47. The van der Waals surface area contributed by atoms with Crippen molar-refractivity contribution in [3.8, 4) is 0 Å². The fourth-order valence-corrected chi connectivity index (χ4v) is 3.51. The zero-order chi connectivity index (χ0) is 8.36. The molecule has 0 aromatic rings. The molecule has 0 radical (unpaired) electrons. The van der Waals surface area contributed by atoms with Gasteiger partial charge in [0.25, 0.3) is 0 Å². The van der Waals surface area contributed by atoms with Gasteiger partial charge in [-0.3, -0.25) is 0 Å². The van der Waals surface area contributed by atoms with Crippen molar-refractivity contribution in [1.82, 2.24) is 0 Å². The number of rotatable bonds is 2. The standard InChI is InChI=1S/C8H16GeO/c1-6-7(2)8(10)9(3,4)5/h6H,1-5H3/b7-6+. The summed E-state index contributed by atoms with van der Waals surface area (Å²) >= 11 is -2.02. The molecule has 0 saturated carbocycles. The average Bonchev–Trinajstić information content (AvgIpc) is 1.83. The van der Waals surface area contributed by atoms with Crippen molar-refractivity contribution in [2.75, 3.05) is 0 Å². The maximum absolute atomic E-state index is 11.4. The van der Waals surface area contributed by atoms with Gasteiger partial charge < -0.3 is 0 Å². The second kappa shape index (κ2) is 3.38. The average molecular weight is 201 g/mol. The van der Waals surface area contributed by atoms with Crippen LogP contribution in [0, 0.1) is 0 Å². The monoisotopic (exact) mass is 202 g/mol. The van der Waals surface area contributed by atoms with E-state index in [1.54, 1.807) is 0 Å². The molecule has 0 bridgehead atoms. The van der Waals surface area contributed by atoms with Crippen LogP contribution in [0.1, 0.15) is 13.8 Å². The van der Waals surface area contributed by atoms with Crippen LogP contribution in [-0.2, 0) is 4.79 Å². The molecule has 0 aromatic heterocycles. The molecule has 0 aliphatic heterocycles. The van der Waals surface area contributed by atoms with Gasteiger partial charge in [-0.05, 0) is 0 Å². The molecule has 0 aromatic carbocycles. The van der Waals surface area contributed by atoms with Crippen LogP contribution in [0.25, 0.3) is 0 Å². The van der Waals surface area contributed by atoms with Gasteiger partial charge in [-0.2, -0.15) is 0 Å². The van der Waals surface area contributed by atoms with E-state index in [0.29, 0.717) is 4.62 Å². The Morgan fingerprint density at radius 2 is 1.70 bits per heavy atom. The summed E-state index contributed by atoms with van der Waals surface area (Å²) in [5.41, 5.74) is 0.938. The third-order valence-corrected chi connectivity index (χ3v) is 5.16. The molecule has 10 heavy (non-hydrogen) atoms. The summed E-state index contributed by atoms with van der Waals surface area (Å²) < 4.78 is 0.419. The Labute approximate surface area is 65.9 Å². The SMILES string of the molecule is C/C=C(\C)[C](=O)[Ge]([CH3])([CH3])[CH3]. The summed E-state index contributed by atoms with van der Waals surface area (Å²) in [4.78, 5) is 11.4. The molecule has 0 spiro atoms. The van der Waals surface area contributed by atoms with Crippen LogP contribution < -0.4 is 0 Å². The molecule has 0 atom stereocenters. The van der Waals surface area contributed by atoms with Gasteiger partial charge in [0.1, 0.15) is 0 Å². The fraction of sp³-hybridized carbons (Fsp3) is 0.625. The predicted octanol–water partition coefficient (Wildman–Crippen LogP) is 2.40. The zero-order valence-electron chi connectivity index (χ0n) is 7.49. The van der Waals surface area contributed by atoms with Gasteiger partial charge in [-0.25, -0.2) is 0 Å². The summed E-state index contributed by atoms with van der Waals surface area (Å²) in [7, 11) is 0. The van der Waals surface area contributed by atoms with Crippen LogP contribution in [0.4, 0.5) is 0 Å². The van der Waals surface area contributed by atoms with E-state index in [9.17, 15) is 4.79 Å². The van der Waals surface area contributed by atoms with Gasteiger partial charge in [-0.1, -0.05) is 0 Å². The first-order chi connectivity index (χ1) is 4.39. The van der Waals surface area contributed by atoms with Crippen molar-refractivity contribution in [3.63, 3.8) is 0 Å². The molecular formula is C8H16GeO. The van der Waals surface area contributed by atoms with E-state index in [2.05, 4.69) is 17.3 Å². The Morgan fingerprint density at radius 1 is 1.30 bits per heavy atom. The quantitative estimate of drug-likeness (QED) is 0.495. The molecule has 0 aliphatic carbocycles. The van der Waals surface area contributed by atoms with Gasteiger partial charge in [0.15, 0.2) is 0 Å². The molecule has 0 fully saturated rings. The molecule has 2 heteroatoms. The third kappa shape index (κ3) is 2.69. The molecule has 58 valence electrons. The molecule has 0 saturated heterocycles.